The molecule has 0 aliphatic heterocycles. The molecule has 5 heteroatoms. The molecule has 0 spiro atoms. The molecule has 0 heterocycles. The second kappa shape index (κ2) is 9.35. The first-order chi connectivity index (χ1) is 11.7. The summed E-state index contributed by atoms with van der Waals surface area (Å²) in [6.45, 7) is 0.234. The molecule has 2 aromatic carbocycles. The van der Waals surface area contributed by atoms with E-state index in [0.29, 0.717) is 12.1 Å². The van der Waals surface area contributed by atoms with Crippen molar-refractivity contribution in [2.24, 2.45) is 0 Å². The third-order valence-electron chi connectivity index (χ3n) is 3.49. The molecule has 0 fully saturated rings. The van der Waals surface area contributed by atoms with Crippen LogP contribution in [0.1, 0.15) is 24.0 Å². The van der Waals surface area contributed by atoms with Gasteiger partial charge in [0, 0.05) is 12.1 Å². The van der Waals surface area contributed by atoms with Crippen LogP contribution in [0.3, 0.4) is 0 Å². The van der Waals surface area contributed by atoms with Gasteiger partial charge < -0.3 is 9.47 Å². The molecule has 0 aromatic heterocycles. The molecule has 0 aliphatic carbocycles. The fraction of sp³-hybridized carbons (Fsp3) is 0.263. The Bertz CT molecular complexity index is 653. The van der Waals surface area contributed by atoms with E-state index in [4.69, 9.17) is 4.74 Å². The molecule has 126 valence electrons. The van der Waals surface area contributed by atoms with E-state index in [0.717, 1.165) is 24.0 Å². The van der Waals surface area contributed by atoms with Crippen LogP contribution in [-0.2, 0) is 27.3 Å². The molecule has 0 saturated heterocycles. The van der Waals surface area contributed by atoms with E-state index in [9.17, 15) is 9.59 Å². The number of hydrogen-bond acceptors (Lipinski definition) is 4. The Labute approximate surface area is 141 Å². The van der Waals surface area contributed by atoms with Gasteiger partial charge in [-0.05, 0) is 36.1 Å². The van der Waals surface area contributed by atoms with Crippen molar-refractivity contribution < 1.29 is 19.1 Å². The van der Waals surface area contributed by atoms with Crippen LogP contribution in [0.25, 0.3) is 0 Å². The number of aryl methyl sites for hydroxylation is 1. The zero-order valence-electron chi connectivity index (χ0n) is 13.7. The first kappa shape index (κ1) is 17.5. The van der Waals surface area contributed by atoms with Gasteiger partial charge in [-0.2, -0.15) is 0 Å². The molecule has 2 rings (SSSR count). The Morgan fingerprint density at radius 3 is 2.33 bits per heavy atom. The summed E-state index contributed by atoms with van der Waals surface area (Å²) in [5.41, 5.74) is 2.71. The number of benzene rings is 2. The van der Waals surface area contributed by atoms with Crippen LogP contribution in [0.5, 0.6) is 0 Å². The second-order valence-corrected chi connectivity index (χ2v) is 5.31. The summed E-state index contributed by atoms with van der Waals surface area (Å²) in [4.78, 5) is 22.8. The van der Waals surface area contributed by atoms with Gasteiger partial charge in [-0.25, -0.2) is 4.79 Å². The third kappa shape index (κ3) is 6.12. The van der Waals surface area contributed by atoms with Crippen molar-refractivity contribution in [3.8, 4) is 0 Å². The van der Waals surface area contributed by atoms with Gasteiger partial charge in [0.05, 0.1) is 7.11 Å². The largest absolute Gasteiger partial charge is 0.469 e. The molecule has 2 aromatic rings. The van der Waals surface area contributed by atoms with Gasteiger partial charge in [-0.1, -0.05) is 42.5 Å². The standard InChI is InChI=1S/C19H21NO4/c1-23-18(21)9-5-8-15-10-12-17(13-11-15)20-19(22)24-14-16-6-3-2-4-7-16/h2-4,6-7,10-13H,5,8-9,14H2,1H3,(H,20,22). The maximum Gasteiger partial charge on any atom is 0.411 e. The van der Waals surface area contributed by atoms with Crippen molar-refractivity contribution in [2.45, 2.75) is 25.9 Å². The van der Waals surface area contributed by atoms with Crippen molar-refractivity contribution in [1.82, 2.24) is 0 Å². The van der Waals surface area contributed by atoms with Gasteiger partial charge in [-0.3, -0.25) is 10.1 Å². The molecule has 1 N–H and O–H groups in total. The van der Waals surface area contributed by atoms with E-state index in [2.05, 4.69) is 10.1 Å². The molecule has 0 aliphatic rings. The van der Waals surface area contributed by atoms with E-state index < -0.39 is 6.09 Å². The smallest absolute Gasteiger partial charge is 0.411 e. The predicted molar refractivity (Wildman–Crippen MR) is 91.6 cm³/mol. The SMILES string of the molecule is COC(=O)CCCc1ccc(NC(=O)OCc2ccccc2)cc1. The van der Waals surface area contributed by atoms with Crippen LogP contribution < -0.4 is 5.32 Å². The van der Waals surface area contributed by atoms with Crippen LogP contribution in [-0.4, -0.2) is 19.2 Å². The molecule has 1 amide bonds. The Hall–Kier alpha value is -2.82. The van der Waals surface area contributed by atoms with Crippen LogP contribution in [0, 0.1) is 0 Å². The lowest BCUT2D eigenvalue weighted by atomic mass is 10.1. The average molecular weight is 327 g/mol. The summed E-state index contributed by atoms with van der Waals surface area (Å²) < 4.78 is 9.77. The maximum atomic E-state index is 11.8. The van der Waals surface area contributed by atoms with Gasteiger partial charge in [0.1, 0.15) is 6.61 Å². The van der Waals surface area contributed by atoms with Crippen LogP contribution >= 0.6 is 0 Å². The average Bonchev–Trinajstić information content (AvgIpc) is 2.62. The lowest BCUT2D eigenvalue weighted by Crippen LogP contribution is -2.13. The Morgan fingerprint density at radius 1 is 0.958 bits per heavy atom. The highest BCUT2D eigenvalue weighted by Gasteiger charge is 2.04. The second-order valence-electron chi connectivity index (χ2n) is 5.31. The highest BCUT2D eigenvalue weighted by molar-refractivity contribution is 5.84. The quantitative estimate of drug-likeness (QED) is 0.783. The van der Waals surface area contributed by atoms with Crippen LogP contribution in [0.2, 0.25) is 0 Å². The van der Waals surface area contributed by atoms with Gasteiger partial charge in [-0.15, -0.1) is 0 Å². The monoisotopic (exact) mass is 327 g/mol. The number of esters is 1. The first-order valence-electron chi connectivity index (χ1n) is 7.81. The minimum Gasteiger partial charge on any atom is -0.469 e. The van der Waals surface area contributed by atoms with Gasteiger partial charge in [0.15, 0.2) is 0 Å². The fourth-order valence-electron chi connectivity index (χ4n) is 2.17. The topological polar surface area (TPSA) is 64.6 Å². The Kier molecular flexibility index (Phi) is 6.83. The van der Waals surface area contributed by atoms with E-state index >= 15 is 0 Å². The van der Waals surface area contributed by atoms with E-state index in [1.54, 1.807) is 0 Å². The van der Waals surface area contributed by atoms with E-state index in [1.165, 1.54) is 7.11 Å². The van der Waals surface area contributed by atoms with Crippen molar-refractivity contribution in [2.75, 3.05) is 12.4 Å². The number of ether oxygens (including phenoxy) is 2. The first-order valence-corrected chi connectivity index (χ1v) is 7.81. The number of carbonyl (C=O) groups is 2. The molecule has 0 atom stereocenters. The molecule has 0 bridgehead atoms. The normalized spacial score (nSPS) is 10.0. The molecule has 0 saturated carbocycles. The number of methoxy groups -OCH3 is 1. The van der Waals surface area contributed by atoms with Crippen molar-refractivity contribution in [3.63, 3.8) is 0 Å². The summed E-state index contributed by atoms with van der Waals surface area (Å²) >= 11 is 0. The van der Waals surface area contributed by atoms with Crippen molar-refractivity contribution >= 4 is 17.7 Å². The van der Waals surface area contributed by atoms with Crippen LogP contribution in [0.15, 0.2) is 54.6 Å². The molecule has 0 unspecified atom stereocenters. The van der Waals surface area contributed by atoms with Gasteiger partial charge in [0.25, 0.3) is 0 Å². The number of amides is 1. The van der Waals surface area contributed by atoms with Crippen molar-refractivity contribution in [1.29, 1.82) is 0 Å². The van der Waals surface area contributed by atoms with E-state index in [1.807, 2.05) is 54.6 Å². The highest BCUT2D eigenvalue weighted by atomic mass is 16.5. The predicted octanol–water partition coefficient (Wildman–Crippen LogP) is 3.93. The Morgan fingerprint density at radius 2 is 1.67 bits per heavy atom. The summed E-state index contributed by atoms with van der Waals surface area (Å²) in [5, 5.41) is 2.69. The number of hydrogen-bond donors (Lipinski definition) is 1. The maximum absolute atomic E-state index is 11.8. The number of carbonyl (C=O) groups excluding carboxylic acids is 2. The summed E-state index contributed by atoms with van der Waals surface area (Å²) in [6, 6.07) is 17.0. The number of rotatable bonds is 7. The van der Waals surface area contributed by atoms with E-state index in [-0.39, 0.29) is 12.6 Å². The zero-order chi connectivity index (χ0) is 17.2. The molecule has 0 radical (unpaired) electrons. The van der Waals surface area contributed by atoms with Gasteiger partial charge in [0.2, 0.25) is 0 Å². The van der Waals surface area contributed by atoms with Gasteiger partial charge >= 0.3 is 12.1 Å². The van der Waals surface area contributed by atoms with Crippen LogP contribution in [0.4, 0.5) is 10.5 Å². The molecular formula is C19H21NO4. The minimum atomic E-state index is -0.489. The third-order valence-corrected chi connectivity index (χ3v) is 3.49. The zero-order valence-corrected chi connectivity index (χ0v) is 13.7. The molecule has 24 heavy (non-hydrogen) atoms. The van der Waals surface area contributed by atoms with Crippen molar-refractivity contribution in [3.05, 3.63) is 65.7 Å². The Balaban J connectivity index is 1.74. The lowest BCUT2D eigenvalue weighted by Gasteiger charge is -2.08. The highest BCUT2D eigenvalue weighted by Crippen LogP contribution is 2.13. The summed E-state index contributed by atoms with van der Waals surface area (Å²) in [6.07, 6.45) is 1.44. The number of anilines is 1. The lowest BCUT2D eigenvalue weighted by molar-refractivity contribution is -0.140. The molecule has 5 nitrogen and oxygen atoms in total. The number of nitrogens with one attached hydrogen (secondary N) is 1. The fourth-order valence-corrected chi connectivity index (χ4v) is 2.17. The minimum absolute atomic E-state index is 0.200. The molecular weight excluding hydrogens is 306 g/mol. The summed E-state index contributed by atoms with van der Waals surface area (Å²) in [7, 11) is 1.39. The summed E-state index contributed by atoms with van der Waals surface area (Å²) in [5.74, 6) is -0.200.